The summed E-state index contributed by atoms with van der Waals surface area (Å²) in [6, 6.07) is 11.0. The molecule has 2 atom stereocenters. The standard InChI is InChI=1S/C31H30F3N9O/c1-18-3-4-19(8-28(18)43-17-27(38-40-43)21-7-22-11-36-39-29(22)35-10-21)30(44)37-25-6-5-20(26(9-25)31(32,33)34)14-42-15-23-12-41(2)13-24(23)16-42/h3-11,17,23-24H,12-16H2,1-2H3,(H,37,44)(H,35,36,39)/t23-,24+. The molecule has 5 aromatic rings. The van der Waals surface area contributed by atoms with Crippen molar-refractivity contribution < 1.29 is 18.0 Å². The fraction of sp³-hybridized carbons (Fsp3) is 0.323. The number of hydrogen-bond acceptors (Lipinski definition) is 7. The molecule has 0 radical (unpaired) electrons. The zero-order chi connectivity index (χ0) is 30.6. The van der Waals surface area contributed by atoms with Crippen LogP contribution in [0, 0.1) is 18.8 Å². The van der Waals surface area contributed by atoms with Gasteiger partial charge in [-0.05, 0) is 67.3 Å². The van der Waals surface area contributed by atoms with Crippen LogP contribution in [0.25, 0.3) is 28.0 Å². The first-order valence-electron chi connectivity index (χ1n) is 14.4. The van der Waals surface area contributed by atoms with Crippen molar-refractivity contribution >= 4 is 22.6 Å². The highest BCUT2D eigenvalue weighted by Gasteiger charge is 2.40. The molecule has 2 aliphatic rings. The van der Waals surface area contributed by atoms with E-state index in [4.69, 9.17) is 0 Å². The molecule has 0 spiro atoms. The van der Waals surface area contributed by atoms with Gasteiger partial charge >= 0.3 is 6.18 Å². The Morgan fingerprint density at radius 1 is 1.05 bits per heavy atom. The topological polar surface area (TPSA) is 108 Å². The van der Waals surface area contributed by atoms with E-state index in [1.807, 2.05) is 13.0 Å². The largest absolute Gasteiger partial charge is 0.416 e. The van der Waals surface area contributed by atoms with Gasteiger partial charge in [0.1, 0.15) is 5.69 Å². The van der Waals surface area contributed by atoms with E-state index in [9.17, 15) is 18.0 Å². The average molecular weight is 602 g/mol. The number of alkyl halides is 3. The third-order valence-corrected chi connectivity index (χ3v) is 8.61. The molecule has 7 rings (SSSR count). The van der Waals surface area contributed by atoms with Crippen molar-refractivity contribution in [3.63, 3.8) is 0 Å². The molecule has 0 aliphatic carbocycles. The van der Waals surface area contributed by atoms with Crippen LogP contribution in [-0.4, -0.2) is 79.1 Å². The average Bonchev–Trinajstić information content (AvgIpc) is 3.77. The van der Waals surface area contributed by atoms with E-state index in [0.717, 1.165) is 48.8 Å². The van der Waals surface area contributed by atoms with Crippen molar-refractivity contribution in [3.05, 3.63) is 83.3 Å². The second-order valence-corrected chi connectivity index (χ2v) is 11.8. The molecule has 2 fully saturated rings. The molecule has 1 amide bonds. The summed E-state index contributed by atoms with van der Waals surface area (Å²) < 4.78 is 44.0. The Morgan fingerprint density at radius 2 is 1.84 bits per heavy atom. The lowest BCUT2D eigenvalue weighted by Gasteiger charge is -2.22. The molecule has 10 nitrogen and oxygen atoms in total. The van der Waals surface area contributed by atoms with Crippen LogP contribution in [0.2, 0.25) is 0 Å². The molecular formula is C31H30F3N9O. The summed E-state index contributed by atoms with van der Waals surface area (Å²) in [6.45, 7) is 5.66. The van der Waals surface area contributed by atoms with Crippen molar-refractivity contribution in [2.45, 2.75) is 19.6 Å². The zero-order valence-electron chi connectivity index (χ0n) is 24.1. The van der Waals surface area contributed by atoms with Crippen LogP contribution in [0.1, 0.15) is 27.0 Å². The number of likely N-dealkylation sites (tertiary alicyclic amines) is 2. The van der Waals surface area contributed by atoms with Gasteiger partial charge in [-0.3, -0.25) is 14.8 Å². The van der Waals surface area contributed by atoms with Crippen LogP contribution < -0.4 is 5.32 Å². The van der Waals surface area contributed by atoms with Gasteiger partial charge in [0.2, 0.25) is 0 Å². The summed E-state index contributed by atoms with van der Waals surface area (Å²) in [4.78, 5) is 22.0. The number of aromatic amines is 1. The molecule has 3 aromatic heterocycles. The third kappa shape index (κ3) is 5.44. The second-order valence-electron chi connectivity index (χ2n) is 11.8. The number of benzene rings is 2. The molecule has 0 saturated carbocycles. The predicted octanol–water partition coefficient (Wildman–Crippen LogP) is 4.78. The van der Waals surface area contributed by atoms with Gasteiger partial charge in [-0.25, -0.2) is 9.67 Å². The highest BCUT2D eigenvalue weighted by Crippen LogP contribution is 2.37. The normalized spacial score (nSPS) is 19.1. The molecule has 2 aliphatic heterocycles. The fourth-order valence-corrected chi connectivity index (χ4v) is 6.44. The molecular weight excluding hydrogens is 571 g/mol. The van der Waals surface area contributed by atoms with E-state index in [-0.39, 0.29) is 23.4 Å². The number of nitrogens with zero attached hydrogens (tertiary/aromatic N) is 7. The van der Waals surface area contributed by atoms with Crippen LogP contribution in [0.3, 0.4) is 0 Å². The third-order valence-electron chi connectivity index (χ3n) is 8.61. The summed E-state index contributed by atoms with van der Waals surface area (Å²) in [6.07, 6.45) is 0.518. The molecule has 5 heterocycles. The number of carbonyl (C=O) groups excluding carboxylic acids is 1. The highest BCUT2D eigenvalue weighted by atomic mass is 19.4. The van der Waals surface area contributed by atoms with Crippen LogP contribution in [-0.2, 0) is 12.7 Å². The number of hydrogen-bond donors (Lipinski definition) is 2. The van der Waals surface area contributed by atoms with Gasteiger partial charge < -0.3 is 10.2 Å². The van der Waals surface area contributed by atoms with Gasteiger partial charge in [0.05, 0.1) is 23.6 Å². The van der Waals surface area contributed by atoms with Crippen LogP contribution in [0.4, 0.5) is 18.9 Å². The number of amides is 1. The predicted molar refractivity (Wildman–Crippen MR) is 158 cm³/mol. The van der Waals surface area contributed by atoms with Gasteiger partial charge in [-0.2, -0.15) is 18.3 Å². The number of aryl methyl sites for hydroxylation is 1. The van der Waals surface area contributed by atoms with E-state index in [1.54, 1.807) is 41.5 Å². The summed E-state index contributed by atoms with van der Waals surface area (Å²) in [5.74, 6) is 0.471. The minimum Gasteiger partial charge on any atom is -0.322 e. The maximum Gasteiger partial charge on any atom is 0.416 e. The monoisotopic (exact) mass is 601 g/mol. The summed E-state index contributed by atoms with van der Waals surface area (Å²) >= 11 is 0. The Kier molecular flexibility index (Phi) is 6.93. The van der Waals surface area contributed by atoms with Gasteiger partial charge in [-0.1, -0.05) is 17.3 Å². The minimum atomic E-state index is -4.55. The molecule has 44 heavy (non-hydrogen) atoms. The molecule has 0 bridgehead atoms. The van der Waals surface area contributed by atoms with Crippen LogP contribution in [0.5, 0.6) is 0 Å². The first kappa shape index (κ1) is 28.2. The van der Waals surface area contributed by atoms with Crippen molar-refractivity contribution in [2.75, 3.05) is 38.5 Å². The lowest BCUT2D eigenvalue weighted by atomic mass is 10.0. The van der Waals surface area contributed by atoms with Gasteiger partial charge in [0, 0.05) is 61.1 Å². The highest BCUT2D eigenvalue weighted by molar-refractivity contribution is 6.04. The number of rotatable bonds is 6. The van der Waals surface area contributed by atoms with Crippen LogP contribution in [0.15, 0.2) is 61.1 Å². The Bertz CT molecular complexity index is 1850. The van der Waals surface area contributed by atoms with Crippen molar-refractivity contribution in [1.82, 2.24) is 40.0 Å². The van der Waals surface area contributed by atoms with Crippen molar-refractivity contribution in [1.29, 1.82) is 0 Å². The van der Waals surface area contributed by atoms with Gasteiger partial charge in [-0.15, -0.1) is 5.10 Å². The quantitative estimate of drug-likeness (QED) is 0.289. The summed E-state index contributed by atoms with van der Waals surface area (Å²) in [5.41, 5.74) is 3.28. The number of halogens is 3. The smallest absolute Gasteiger partial charge is 0.322 e. The molecule has 2 saturated heterocycles. The Morgan fingerprint density at radius 3 is 2.61 bits per heavy atom. The maximum absolute atomic E-state index is 14.2. The Balaban J connectivity index is 1.09. The lowest BCUT2D eigenvalue weighted by Crippen LogP contribution is -2.27. The summed E-state index contributed by atoms with van der Waals surface area (Å²) in [5, 5.41) is 18.8. The zero-order valence-corrected chi connectivity index (χ0v) is 24.1. The number of anilines is 1. The van der Waals surface area contributed by atoms with Gasteiger partial charge in [0.25, 0.3) is 5.91 Å². The number of nitrogens with one attached hydrogen (secondary N) is 2. The first-order valence-corrected chi connectivity index (χ1v) is 14.4. The molecule has 2 aromatic carbocycles. The molecule has 13 heteroatoms. The van der Waals surface area contributed by atoms with E-state index in [1.165, 1.54) is 12.1 Å². The number of H-pyrrole nitrogens is 1. The fourth-order valence-electron chi connectivity index (χ4n) is 6.44. The summed E-state index contributed by atoms with van der Waals surface area (Å²) in [7, 11) is 2.09. The second kappa shape index (κ2) is 10.8. The number of fused-ring (bicyclic) bond motifs is 2. The number of aromatic nitrogens is 6. The van der Waals surface area contributed by atoms with Gasteiger partial charge in [0.15, 0.2) is 5.65 Å². The maximum atomic E-state index is 14.2. The van der Waals surface area contributed by atoms with E-state index in [0.29, 0.717) is 28.9 Å². The van der Waals surface area contributed by atoms with Crippen molar-refractivity contribution in [2.24, 2.45) is 11.8 Å². The molecule has 2 N–H and O–H groups in total. The Labute approximate surface area is 250 Å². The minimum absolute atomic E-state index is 0.0818. The molecule has 226 valence electrons. The van der Waals surface area contributed by atoms with Crippen molar-refractivity contribution in [3.8, 4) is 16.9 Å². The number of pyridine rings is 1. The van der Waals surface area contributed by atoms with Crippen LogP contribution >= 0.6 is 0 Å². The van der Waals surface area contributed by atoms with E-state index < -0.39 is 17.6 Å². The van der Waals surface area contributed by atoms with E-state index >= 15 is 0 Å². The number of carbonyl (C=O) groups is 1. The van der Waals surface area contributed by atoms with E-state index in [2.05, 4.69) is 47.7 Å². The first-order chi connectivity index (χ1) is 21.1. The molecule has 0 unspecified atom stereocenters. The lowest BCUT2D eigenvalue weighted by molar-refractivity contribution is -0.138. The Hall–Kier alpha value is -4.62. The SMILES string of the molecule is Cc1ccc(C(=O)Nc2ccc(CN3C[C@H]4CN(C)C[C@H]4C3)c(C(F)(F)F)c2)cc1-n1cc(-c2cnc3[nH]ncc3c2)nn1.